The fourth-order valence-electron chi connectivity index (χ4n) is 1.32. The Morgan fingerprint density at radius 1 is 1.47 bits per heavy atom. The molecule has 0 aliphatic rings. The van der Waals surface area contributed by atoms with Crippen molar-refractivity contribution in [3.8, 4) is 5.88 Å². The molecule has 1 rings (SSSR count). The van der Waals surface area contributed by atoms with Gasteiger partial charge < -0.3 is 20.5 Å². The average molecular weight is 240 g/mol. The van der Waals surface area contributed by atoms with Gasteiger partial charge in [-0.15, -0.1) is 0 Å². The molecule has 0 radical (unpaired) electrons. The highest BCUT2D eigenvalue weighted by Gasteiger charge is 2.07. The number of rotatable bonds is 7. The lowest BCUT2D eigenvalue weighted by molar-refractivity contribution is 0.0890. The highest BCUT2D eigenvalue weighted by Crippen LogP contribution is 2.15. The van der Waals surface area contributed by atoms with Crippen LogP contribution in [0.25, 0.3) is 0 Å². The Hall–Kier alpha value is -1.56. The molecule has 1 heterocycles. The van der Waals surface area contributed by atoms with Gasteiger partial charge >= 0.3 is 0 Å². The third-order valence-electron chi connectivity index (χ3n) is 2.00. The quantitative estimate of drug-likeness (QED) is 0.747. The first-order chi connectivity index (χ1) is 8.15. The van der Waals surface area contributed by atoms with E-state index >= 15 is 0 Å². The van der Waals surface area contributed by atoms with Crippen molar-refractivity contribution in [3.05, 3.63) is 6.07 Å². The van der Waals surface area contributed by atoms with Gasteiger partial charge in [0.15, 0.2) is 0 Å². The molecule has 17 heavy (non-hydrogen) atoms. The van der Waals surface area contributed by atoms with E-state index in [0.29, 0.717) is 18.3 Å². The second-order valence-corrected chi connectivity index (χ2v) is 3.76. The van der Waals surface area contributed by atoms with E-state index in [4.69, 9.17) is 15.2 Å². The lowest BCUT2D eigenvalue weighted by Gasteiger charge is -2.14. The third kappa shape index (κ3) is 4.86. The molecule has 96 valence electrons. The summed E-state index contributed by atoms with van der Waals surface area (Å²) >= 11 is 0. The summed E-state index contributed by atoms with van der Waals surface area (Å²) in [5, 5.41) is 3.14. The van der Waals surface area contributed by atoms with E-state index in [-0.39, 0.29) is 12.1 Å². The number of nitrogens with zero attached hydrogens (tertiary/aromatic N) is 2. The number of anilines is 2. The predicted octanol–water partition coefficient (Wildman–Crippen LogP) is 1.29. The van der Waals surface area contributed by atoms with Gasteiger partial charge in [0.25, 0.3) is 0 Å². The number of hydrogen-bond donors (Lipinski definition) is 2. The zero-order valence-corrected chi connectivity index (χ0v) is 10.6. The SMILES string of the molecule is CCCNc1cc(OC(C)COC)nc(N)n1. The van der Waals surface area contributed by atoms with E-state index in [1.54, 1.807) is 13.2 Å². The van der Waals surface area contributed by atoms with E-state index in [1.807, 2.05) is 6.92 Å². The molecule has 1 atom stereocenters. The predicted molar refractivity (Wildman–Crippen MR) is 67.2 cm³/mol. The van der Waals surface area contributed by atoms with Crippen LogP contribution < -0.4 is 15.8 Å². The fourth-order valence-corrected chi connectivity index (χ4v) is 1.32. The summed E-state index contributed by atoms with van der Waals surface area (Å²) < 4.78 is 10.5. The van der Waals surface area contributed by atoms with Gasteiger partial charge in [-0.05, 0) is 13.3 Å². The van der Waals surface area contributed by atoms with Crippen LogP contribution in [0.5, 0.6) is 5.88 Å². The molecule has 0 aliphatic carbocycles. The van der Waals surface area contributed by atoms with E-state index in [1.165, 1.54) is 0 Å². The minimum Gasteiger partial charge on any atom is -0.472 e. The smallest absolute Gasteiger partial charge is 0.225 e. The summed E-state index contributed by atoms with van der Waals surface area (Å²) in [5.74, 6) is 1.34. The molecule has 0 saturated carbocycles. The minimum atomic E-state index is -0.0756. The first-order valence-corrected chi connectivity index (χ1v) is 5.69. The van der Waals surface area contributed by atoms with Crippen molar-refractivity contribution in [2.45, 2.75) is 26.4 Å². The van der Waals surface area contributed by atoms with Crippen molar-refractivity contribution in [3.63, 3.8) is 0 Å². The summed E-state index contributed by atoms with van der Waals surface area (Å²) in [4.78, 5) is 8.08. The number of nitrogen functional groups attached to an aromatic ring is 1. The molecule has 0 fully saturated rings. The fraction of sp³-hybridized carbons (Fsp3) is 0.636. The third-order valence-corrected chi connectivity index (χ3v) is 2.00. The van der Waals surface area contributed by atoms with Crippen LogP contribution in [-0.2, 0) is 4.74 Å². The first-order valence-electron chi connectivity index (χ1n) is 5.69. The lowest BCUT2D eigenvalue weighted by Crippen LogP contribution is -2.19. The van der Waals surface area contributed by atoms with Crippen LogP contribution in [0.15, 0.2) is 6.07 Å². The van der Waals surface area contributed by atoms with E-state index in [0.717, 1.165) is 13.0 Å². The molecular weight excluding hydrogens is 220 g/mol. The van der Waals surface area contributed by atoms with Gasteiger partial charge in [0.1, 0.15) is 11.9 Å². The van der Waals surface area contributed by atoms with Crippen molar-refractivity contribution >= 4 is 11.8 Å². The van der Waals surface area contributed by atoms with Crippen LogP contribution in [0.4, 0.5) is 11.8 Å². The van der Waals surface area contributed by atoms with Crippen LogP contribution in [0.2, 0.25) is 0 Å². The van der Waals surface area contributed by atoms with E-state index in [2.05, 4.69) is 22.2 Å². The number of methoxy groups -OCH3 is 1. The highest BCUT2D eigenvalue weighted by molar-refractivity contribution is 5.42. The first kappa shape index (κ1) is 13.5. The average Bonchev–Trinajstić information content (AvgIpc) is 2.25. The molecule has 1 aromatic rings. The van der Waals surface area contributed by atoms with Gasteiger partial charge in [-0.3, -0.25) is 0 Å². The summed E-state index contributed by atoms with van der Waals surface area (Å²) in [7, 11) is 1.63. The summed E-state index contributed by atoms with van der Waals surface area (Å²) in [6.45, 7) is 5.32. The molecule has 3 N–H and O–H groups in total. The lowest BCUT2D eigenvalue weighted by atomic mass is 10.4. The van der Waals surface area contributed by atoms with Crippen LogP contribution in [0.3, 0.4) is 0 Å². The number of nitrogens with one attached hydrogen (secondary N) is 1. The Morgan fingerprint density at radius 2 is 2.24 bits per heavy atom. The number of ether oxygens (including phenoxy) is 2. The molecular formula is C11H20N4O2. The van der Waals surface area contributed by atoms with Gasteiger partial charge in [0.05, 0.1) is 6.61 Å². The Bertz CT molecular complexity index is 346. The molecule has 0 aliphatic heterocycles. The molecule has 0 saturated heterocycles. The van der Waals surface area contributed by atoms with Crippen molar-refractivity contribution in [2.24, 2.45) is 0 Å². The normalized spacial score (nSPS) is 12.2. The Morgan fingerprint density at radius 3 is 2.88 bits per heavy atom. The maximum atomic E-state index is 5.61. The Kier molecular flexibility index (Phi) is 5.48. The molecule has 6 heteroatoms. The molecule has 0 spiro atoms. The summed E-state index contributed by atoms with van der Waals surface area (Å²) in [5.41, 5.74) is 5.61. The van der Waals surface area contributed by atoms with Crippen molar-refractivity contribution in [2.75, 3.05) is 31.3 Å². The van der Waals surface area contributed by atoms with E-state index in [9.17, 15) is 0 Å². The maximum absolute atomic E-state index is 5.61. The Balaban J connectivity index is 2.67. The van der Waals surface area contributed by atoms with Crippen LogP contribution >= 0.6 is 0 Å². The Labute approximate surface area is 102 Å². The van der Waals surface area contributed by atoms with Crippen molar-refractivity contribution in [1.29, 1.82) is 0 Å². The van der Waals surface area contributed by atoms with Crippen molar-refractivity contribution < 1.29 is 9.47 Å². The molecule has 0 amide bonds. The number of nitrogens with two attached hydrogens (primary N) is 1. The molecule has 0 bridgehead atoms. The largest absolute Gasteiger partial charge is 0.472 e. The van der Waals surface area contributed by atoms with Gasteiger partial charge in [0.2, 0.25) is 11.8 Å². The minimum absolute atomic E-state index is 0.0756. The van der Waals surface area contributed by atoms with Crippen LogP contribution in [0, 0.1) is 0 Å². The maximum Gasteiger partial charge on any atom is 0.225 e. The second-order valence-electron chi connectivity index (χ2n) is 3.76. The van der Waals surface area contributed by atoms with Gasteiger partial charge in [-0.2, -0.15) is 9.97 Å². The topological polar surface area (TPSA) is 82.3 Å². The monoisotopic (exact) mass is 240 g/mol. The van der Waals surface area contributed by atoms with Gasteiger partial charge in [-0.1, -0.05) is 6.92 Å². The van der Waals surface area contributed by atoms with Gasteiger partial charge in [0, 0.05) is 19.7 Å². The molecule has 6 nitrogen and oxygen atoms in total. The van der Waals surface area contributed by atoms with Crippen LogP contribution in [0.1, 0.15) is 20.3 Å². The number of aromatic nitrogens is 2. The molecule has 1 aromatic heterocycles. The molecule has 0 aromatic carbocycles. The standard InChI is InChI=1S/C11H20N4O2/c1-4-5-13-9-6-10(15-11(12)14-9)17-8(2)7-16-3/h6,8H,4-5,7H2,1-3H3,(H3,12,13,14,15). The van der Waals surface area contributed by atoms with E-state index < -0.39 is 0 Å². The number of hydrogen-bond acceptors (Lipinski definition) is 6. The van der Waals surface area contributed by atoms with Crippen LogP contribution in [-0.4, -0.2) is 36.3 Å². The highest BCUT2D eigenvalue weighted by atomic mass is 16.5. The summed E-state index contributed by atoms with van der Waals surface area (Å²) in [6, 6.07) is 1.73. The zero-order chi connectivity index (χ0) is 12.7. The second kappa shape index (κ2) is 6.90. The van der Waals surface area contributed by atoms with Crippen molar-refractivity contribution in [1.82, 2.24) is 9.97 Å². The zero-order valence-electron chi connectivity index (χ0n) is 10.6. The molecule has 1 unspecified atom stereocenters. The summed E-state index contributed by atoms with van der Waals surface area (Å²) in [6.07, 6.45) is 0.938. The van der Waals surface area contributed by atoms with Gasteiger partial charge in [-0.25, -0.2) is 0 Å².